The van der Waals surface area contributed by atoms with Crippen molar-refractivity contribution < 1.29 is 19.0 Å². The second-order valence-electron chi connectivity index (χ2n) is 6.09. The molecule has 1 unspecified atom stereocenters. The molecule has 0 radical (unpaired) electrons. The molecule has 5 nitrogen and oxygen atoms in total. The summed E-state index contributed by atoms with van der Waals surface area (Å²) < 4.78 is 17.6. The van der Waals surface area contributed by atoms with E-state index in [0.29, 0.717) is 30.5 Å². The number of ether oxygens (including phenoxy) is 3. The first-order valence-electron chi connectivity index (χ1n) is 8.67. The first-order chi connectivity index (χ1) is 12.6. The molecule has 1 atom stereocenters. The molecule has 1 heterocycles. The number of carbonyl (C=O) groups excluding carboxylic acids is 1. The standard InChI is InChI=1S/C20H22BrNO4/c1-3-14-4-6-15(7-5-14)26-12-20(23)22-13(2)16-10-18-19(11-17(16)21)25-9-8-24-18/h4-7,10-11,13H,3,8-9,12H2,1-2H3,(H,22,23). The summed E-state index contributed by atoms with van der Waals surface area (Å²) >= 11 is 3.54. The molecule has 6 heteroatoms. The Morgan fingerprint density at radius 1 is 1.19 bits per heavy atom. The third-order valence-electron chi connectivity index (χ3n) is 4.21. The van der Waals surface area contributed by atoms with Gasteiger partial charge in [-0.1, -0.05) is 35.0 Å². The molecular formula is C20H22BrNO4. The minimum Gasteiger partial charge on any atom is -0.486 e. The highest BCUT2D eigenvalue weighted by atomic mass is 79.9. The summed E-state index contributed by atoms with van der Waals surface area (Å²) in [5, 5.41) is 2.95. The lowest BCUT2D eigenvalue weighted by Crippen LogP contribution is -2.31. The van der Waals surface area contributed by atoms with Crippen molar-refractivity contribution in [2.75, 3.05) is 19.8 Å². The largest absolute Gasteiger partial charge is 0.486 e. The molecule has 1 aliphatic rings. The Balaban J connectivity index is 1.58. The maximum atomic E-state index is 12.2. The van der Waals surface area contributed by atoms with E-state index in [4.69, 9.17) is 14.2 Å². The molecule has 1 amide bonds. The molecule has 138 valence electrons. The minimum absolute atomic E-state index is 0.0298. The summed E-state index contributed by atoms with van der Waals surface area (Å²) in [6.45, 7) is 5.06. The lowest BCUT2D eigenvalue weighted by atomic mass is 10.1. The number of aryl methyl sites for hydroxylation is 1. The Labute approximate surface area is 161 Å². The normalized spacial score (nSPS) is 13.8. The number of hydrogen-bond acceptors (Lipinski definition) is 4. The van der Waals surface area contributed by atoms with E-state index in [9.17, 15) is 4.79 Å². The molecule has 0 saturated heterocycles. The van der Waals surface area contributed by atoms with Crippen LogP contribution in [0.15, 0.2) is 40.9 Å². The number of halogens is 1. The van der Waals surface area contributed by atoms with Gasteiger partial charge in [-0.25, -0.2) is 0 Å². The first kappa shape index (κ1) is 18.6. The van der Waals surface area contributed by atoms with Gasteiger partial charge in [0.05, 0.1) is 6.04 Å². The molecule has 0 aliphatic carbocycles. The maximum Gasteiger partial charge on any atom is 0.258 e. The lowest BCUT2D eigenvalue weighted by molar-refractivity contribution is -0.123. The van der Waals surface area contributed by atoms with Crippen molar-refractivity contribution in [2.45, 2.75) is 26.3 Å². The zero-order valence-electron chi connectivity index (χ0n) is 14.9. The van der Waals surface area contributed by atoms with E-state index in [0.717, 1.165) is 16.5 Å². The molecule has 0 bridgehead atoms. The molecule has 0 fully saturated rings. The van der Waals surface area contributed by atoms with E-state index >= 15 is 0 Å². The van der Waals surface area contributed by atoms with Crippen LogP contribution in [-0.4, -0.2) is 25.7 Å². The minimum atomic E-state index is -0.196. The quantitative estimate of drug-likeness (QED) is 0.767. The molecular weight excluding hydrogens is 398 g/mol. The van der Waals surface area contributed by atoms with Crippen LogP contribution >= 0.6 is 15.9 Å². The fourth-order valence-electron chi connectivity index (χ4n) is 2.74. The maximum absolute atomic E-state index is 12.2. The van der Waals surface area contributed by atoms with E-state index in [-0.39, 0.29) is 18.6 Å². The first-order valence-corrected chi connectivity index (χ1v) is 9.46. The number of fused-ring (bicyclic) bond motifs is 1. The lowest BCUT2D eigenvalue weighted by Gasteiger charge is -2.22. The summed E-state index contributed by atoms with van der Waals surface area (Å²) in [7, 11) is 0. The fraction of sp³-hybridized carbons (Fsp3) is 0.350. The van der Waals surface area contributed by atoms with Gasteiger partial charge >= 0.3 is 0 Å². The number of carbonyl (C=O) groups is 1. The van der Waals surface area contributed by atoms with Crippen molar-refractivity contribution in [1.82, 2.24) is 5.32 Å². The molecule has 0 aromatic heterocycles. The van der Waals surface area contributed by atoms with Gasteiger partial charge in [0.15, 0.2) is 18.1 Å². The predicted molar refractivity (Wildman–Crippen MR) is 103 cm³/mol. The Bertz CT molecular complexity index is 776. The number of amides is 1. The van der Waals surface area contributed by atoms with Gasteiger partial charge in [0.1, 0.15) is 19.0 Å². The molecule has 2 aromatic carbocycles. The summed E-state index contributed by atoms with van der Waals surface area (Å²) in [6, 6.07) is 11.3. The van der Waals surface area contributed by atoms with Gasteiger partial charge in [-0.05, 0) is 48.7 Å². The van der Waals surface area contributed by atoms with Gasteiger partial charge in [-0.2, -0.15) is 0 Å². The molecule has 1 N–H and O–H groups in total. The topological polar surface area (TPSA) is 56.8 Å². The van der Waals surface area contributed by atoms with Crippen LogP contribution in [0.25, 0.3) is 0 Å². The van der Waals surface area contributed by atoms with Crippen molar-refractivity contribution in [1.29, 1.82) is 0 Å². The Morgan fingerprint density at radius 2 is 1.85 bits per heavy atom. The number of rotatable bonds is 6. The van der Waals surface area contributed by atoms with Crippen LogP contribution in [0, 0.1) is 0 Å². The van der Waals surface area contributed by atoms with Crippen molar-refractivity contribution in [2.24, 2.45) is 0 Å². The Morgan fingerprint density at radius 3 is 2.50 bits per heavy atom. The van der Waals surface area contributed by atoms with Crippen molar-refractivity contribution in [3.05, 3.63) is 52.0 Å². The highest BCUT2D eigenvalue weighted by Crippen LogP contribution is 2.37. The van der Waals surface area contributed by atoms with Gasteiger partial charge < -0.3 is 19.5 Å². The van der Waals surface area contributed by atoms with Crippen molar-refractivity contribution in [3.8, 4) is 17.2 Å². The second kappa shape index (κ2) is 8.45. The molecule has 0 spiro atoms. The third-order valence-corrected chi connectivity index (χ3v) is 4.89. The van der Waals surface area contributed by atoms with E-state index < -0.39 is 0 Å². The summed E-state index contributed by atoms with van der Waals surface area (Å²) in [5.41, 5.74) is 2.16. The van der Waals surface area contributed by atoms with E-state index in [1.165, 1.54) is 5.56 Å². The van der Waals surface area contributed by atoms with Crippen molar-refractivity contribution >= 4 is 21.8 Å². The zero-order valence-corrected chi connectivity index (χ0v) is 16.5. The average Bonchev–Trinajstić information content (AvgIpc) is 2.66. The van der Waals surface area contributed by atoms with Gasteiger partial charge in [-0.15, -0.1) is 0 Å². The van der Waals surface area contributed by atoms with Crippen LogP contribution in [0.2, 0.25) is 0 Å². The summed E-state index contributed by atoms with van der Waals surface area (Å²) in [5.74, 6) is 1.91. The SMILES string of the molecule is CCc1ccc(OCC(=O)NC(C)c2cc3c(cc2Br)OCCO3)cc1. The van der Waals surface area contributed by atoms with Gasteiger partial charge in [0, 0.05) is 4.47 Å². The van der Waals surface area contributed by atoms with Gasteiger partial charge in [0.25, 0.3) is 5.91 Å². The predicted octanol–water partition coefficient (Wildman–Crippen LogP) is 4.04. The van der Waals surface area contributed by atoms with Crippen LogP contribution in [0.3, 0.4) is 0 Å². The molecule has 3 rings (SSSR count). The third kappa shape index (κ3) is 4.49. The molecule has 1 aliphatic heterocycles. The Kier molecular flexibility index (Phi) is 6.04. The van der Waals surface area contributed by atoms with Gasteiger partial charge in [0.2, 0.25) is 0 Å². The van der Waals surface area contributed by atoms with Crippen LogP contribution in [0.4, 0.5) is 0 Å². The van der Waals surface area contributed by atoms with Crippen LogP contribution < -0.4 is 19.5 Å². The number of hydrogen-bond donors (Lipinski definition) is 1. The van der Waals surface area contributed by atoms with E-state index in [2.05, 4.69) is 28.2 Å². The Hall–Kier alpha value is -2.21. The monoisotopic (exact) mass is 419 g/mol. The highest BCUT2D eigenvalue weighted by molar-refractivity contribution is 9.10. The smallest absolute Gasteiger partial charge is 0.258 e. The zero-order chi connectivity index (χ0) is 18.5. The van der Waals surface area contributed by atoms with Crippen LogP contribution in [-0.2, 0) is 11.2 Å². The number of nitrogens with one attached hydrogen (secondary N) is 1. The molecule has 2 aromatic rings. The average molecular weight is 420 g/mol. The summed E-state index contributed by atoms with van der Waals surface area (Å²) in [4.78, 5) is 12.2. The summed E-state index contributed by atoms with van der Waals surface area (Å²) in [6.07, 6.45) is 0.975. The molecule has 26 heavy (non-hydrogen) atoms. The molecule has 0 saturated carbocycles. The second-order valence-corrected chi connectivity index (χ2v) is 6.95. The fourth-order valence-corrected chi connectivity index (χ4v) is 3.41. The highest BCUT2D eigenvalue weighted by Gasteiger charge is 2.19. The van der Waals surface area contributed by atoms with Crippen molar-refractivity contribution in [3.63, 3.8) is 0 Å². The van der Waals surface area contributed by atoms with E-state index in [1.54, 1.807) is 0 Å². The van der Waals surface area contributed by atoms with Crippen LogP contribution in [0.5, 0.6) is 17.2 Å². The van der Waals surface area contributed by atoms with E-state index in [1.807, 2.05) is 43.3 Å². The van der Waals surface area contributed by atoms with Gasteiger partial charge in [-0.3, -0.25) is 4.79 Å². The van der Waals surface area contributed by atoms with Crippen LogP contribution in [0.1, 0.15) is 31.0 Å². The number of benzene rings is 2.